The maximum atomic E-state index is 12.8. The molecular formula is C16H15N3O2S2. The van der Waals surface area contributed by atoms with Gasteiger partial charge >= 0.3 is 0 Å². The Morgan fingerprint density at radius 3 is 3.04 bits per heavy atom. The number of thioether (sulfide) groups is 1. The van der Waals surface area contributed by atoms with E-state index in [1.54, 1.807) is 22.5 Å². The lowest BCUT2D eigenvalue weighted by Gasteiger charge is -2.23. The lowest BCUT2D eigenvalue weighted by atomic mass is 10.1. The standard InChI is InChI=1S/C16H15N3O2S2/c1-22-15-10(9-17)8-11(14(20)18-15)16(21)19-6-2-4-12(19)13-5-3-7-23-13/h3,5,7-8,12H,2,4,6H2,1H3,(H,18,20). The van der Waals surface area contributed by atoms with Crippen molar-refractivity contribution in [2.45, 2.75) is 23.9 Å². The smallest absolute Gasteiger partial charge is 0.261 e. The van der Waals surface area contributed by atoms with Crippen molar-refractivity contribution < 1.29 is 4.79 Å². The van der Waals surface area contributed by atoms with Crippen LogP contribution >= 0.6 is 23.1 Å². The fraction of sp³-hybridized carbons (Fsp3) is 0.312. The Bertz CT molecular complexity index is 821. The van der Waals surface area contributed by atoms with Crippen LogP contribution in [0.1, 0.15) is 39.7 Å². The van der Waals surface area contributed by atoms with Crippen molar-refractivity contribution in [1.29, 1.82) is 5.26 Å². The first-order valence-electron chi connectivity index (χ1n) is 7.21. The highest BCUT2D eigenvalue weighted by atomic mass is 32.2. The number of hydrogen-bond acceptors (Lipinski definition) is 5. The Balaban J connectivity index is 1.97. The molecule has 0 bridgehead atoms. The van der Waals surface area contributed by atoms with Crippen LogP contribution in [0.4, 0.5) is 0 Å². The number of aromatic nitrogens is 1. The zero-order valence-electron chi connectivity index (χ0n) is 12.5. The van der Waals surface area contributed by atoms with Gasteiger partial charge in [-0.1, -0.05) is 6.07 Å². The first kappa shape index (κ1) is 15.8. The molecule has 1 aliphatic heterocycles. The molecule has 0 radical (unpaired) electrons. The summed E-state index contributed by atoms with van der Waals surface area (Å²) in [5.74, 6) is -0.300. The summed E-state index contributed by atoms with van der Waals surface area (Å²) in [6, 6.07) is 7.46. The predicted molar refractivity (Wildman–Crippen MR) is 90.9 cm³/mol. The molecule has 1 saturated heterocycles. The van der Waals surface area contributed by atoms with Crippen LogP contribution in [0, 0.1) is 11.3 Å². The van der Waals surface area contributed by atoms with Crippen LogP contribution in [0.2, 0.25) is 0 Å². The molecule has 1 unspecified atom stereocenters. The van der Waals surface area contributed by atoms with Crippen molar-refractivity contribution in [3.05, 3.63) is 49.9 Å². The topological polar surface area (TPSA) is 77.0 Å². The summed E-state index contributed by atoms with van der Waals surface area (Å²) in [4.78, 5) is 30.6. The average Bonchev–Trinajstić information content (AvgIpc) is 3.24. The third kappa shape index (κ3) is 2.92. The SMILES string of the molecule is CSc1[nH]c(=O)c(C(=O)N2CCCC2c2cccs2)cc1C#N. The van der Waals surface area contributed by atoms with Gasteiger partial charge in [-0.2, -0.15) is 5.26 Å². The van der Waals surface area contributed by atoms with Crippen molar-refractivity contribution in [2.75, 3.05) is 12.8 Å². The number of aromatic amines is 1. The van der Waals surface area contributed by atoms with Crippen LogP contribution in [0.5, 0.6) is 0 Å². The van der Waals surface area contributed by atoms with Gasteiger partial charge < -0.3 is 9.88 Å². The first-order chi connectivity index (χ1) is 11.2. The van der Waals surface area contributed by atoms with Crippen LogP contribution in [-0.4, -0.2) is 28.6 Å². The molecule has 23 heavy (non-hydrogen) atoms. The van der Waals surface area contributed by atoms with Crippen LogP contribution in [0.3, 0.4) is 0 Å². The van der Waals surface area contributed by atoms with E-state index >= 15 is 0 Å². The first-order valence-corrected chi connectivity index (χ1v) is 9.32. The van der Waals surface area contributed by atoms with Crippen LogP contribution in [0.15, 0.2) is 33.4 Å². The third-order valence-electron chi connectivity index (χ3n) is 3.95. The molecule has 1 atom stereocenters. The number of nitrogens with zero attached hydrogens (tertiary/aromatic N) is 2. The van der Waals surface area contributed by atoms with E-state index in [9.17, 15) is 14.9 Å². The van der Waals surface area contributed by atoms with E-state index in [0.29, 0.717) is 17.1 Å². The second kappa shape index (κ2) is 6.60. The van der Waals surface area contributed by atoms with E-state index in [0.717, 1.165) is 17.7 Å². The van der Waals surface area contributed by atoms with Crippen molar-refractivity contribution >= 4 is 29.0 Å². The molecule has 1 amide bonds. The summed E-state index contributed by atoms with van der Waals surface area (Å²) < 4.78 is 0. The quantitative estimate of drug-likeness (QED) is 0.868. The van der Waals surface area contributed by atoms with Gasteiger partial charge in [0.05, 0.1) is 16.6 Å². The van der Waals surface area contributed by atoms with Gasteiger partial charge in [-0.15, -0.1) is 23.1 Å². The molecule has 118 valence electrons. The summed E-state index contributed by atoms with van der Waals surface area (Å²) >= 11 is 2.90. The molecule has 0 spiro atoms. The minimum Gasteiger partial charge on any atom is -0.331 e. The third-order valence-corrected chi connectivity index (χ3v) is 5.65. The highest BCUT2D eigenvalue weighted by Gasteiger charge is 2.32. The molecule has 7 heteroatoms. The molecule has 0 saturated carbocycles. The number of thiophene rings is 1. The van der Waals surface area contributed by atoms with Gasteiger partial charge in [-0.3, -0.25) is 9.59 Å². The second-order valence-electron chi connectivity index (χ2n) is 5.24. The molecule has 2 aromatic heterocycles. The highest BCUT2D eigenvalue weighted by molar-refractivity contribution is 7.98. The Morgan fingerprint density at radius 1 is 1.57 bits per heavy atom. The number of rotatable bonds is 3. The number of carbonyl (C=O) groups excluding carboxylic acids is 1. The van der Waals surface area contributed by atoms with E-state index in [-0.39, 0.29) is 17.5 Å². The van der Waals surface area contributed by atoms with Crippen LogP contribution in [0.25, 0.3) is 0 Å². The number of nitrogens with one attached hydrogen (secondary N) is 1. The lowest BCUT2D eigenvalue weighted by molar-refractivity contribution is 0.0736. The zero-order valence-corrected chi connectivity index (χ0v) is 14.2. The minimum absolute atomic E-state index is 0.0210. The fourth-order valence-corrected chi connectivity index (χ4v) is 4.25. The van der Waals surface area contributed by atoms with E-state index < -0.39 is 5.56 Å². The Hall–Kier alpha value is -2.04. The molecule has 0 aromatic carbocycles. The van der Waals surface area contributed by atoms with E-state index in [1.807, 2.05) is 23.6 Å². The molecule has 1 N–H and O–H groups in total. The van der Waals surface area contributed by atoms with Crippen LogP contribution in [-0.2, 0) is 0 Å². The van der Waals surface area contributed by atoms with Gasteiger partial charge in [0.2, 0.25) is 0 Å². The van der Waals surface area contributed by atoms with Crippen molar-refractivity contribution in [3.63, 3.8) is 0 Å². The Kier molecular flexibility index (Phi) is 4.55. The summed E-state index contributed by atoms with van der Waals surface area (Å²) in [6.45, 7) is 0.632. The fourth-order valence-electron chi connectivity index (χ4n) is 2.86. The summed E-state index contributed by atoms with van der Waals surface area (Å²) in [7, 11) is 0. The predicted octanol–water partition coefficient (Wildman–Crippen LogP) is 3.01. The van der Waals surface area contributed by atoms with Crippen molar-refractivity contribution in [1.82, 2.24) is 9.88 Å². The number of H-pyrrole nitrogens is 1. The maximum absolute atomic E-state index is 12.8. The number of carbonyl (C=O) groups is 1. The summed E-state index contributed by atoms with van der Waals surface area (Å²) in [5, 5.41) is 11.7. The molecule has 2 aromatic rings. The van der Waals surface area contributed by atoms with Gasteiger partial charge in [0.15, 0.2) is 0 Å². The molecule has 3 rings (SSSR count). The van der Waals surface area contributed by atoms with E-state index in [1.165, 1.54) is 17.8 Å². The Morgan fingerprint density at radius 2 is 2.39 bits per heavy atom. The molecule has 1 fully saturated rings. The van der Waals surface area contributed by atoms with E-state index in [2.05, 4.69) is 4.98 Å². The number of hydrogen-bond donors (Lipinski definition) is 1. The van der Waals surface area contributed by atoms with E-state index in [4.69, 9.17) is 0 Å². The summed E-state index contributed by atoms with van der Waals surface area (Å²) in [6.07, 6.45) is 3.60. The number of pyridine rings is 1. The number of nitriles is 1. The monoisotopic (exact) mass is 345 g/mol. The summed E-state index contributed by atoms with van der Waals surface area (Å²) in [5.41, 5.74) is -0.0645. The molecule has 3 heterocycles. The molecule has 0 aliphatic carbocycles. The average molecular weight is 345 g/mol. The Labute approximate surface area is 141 Å². The molecule has 1 aliphatic rings. The lowest BCUT2D eigenvalue weighted by Crippen LogP contribution is -2.34. The highest BCUT2D eigenvalue weighted by Crippen LogP contribution is 2.35. The van der Waals surface area contributed by atoms with Gasteiger partial charge in [0, 0.05) is 11.4 Å². The molecule has 5 nitrogen and oxygen atoms in total. The second-order valence-corrected chi connectivity index (χ2v) is 7.04. The maximum Gasteiger partial charge on any atom is 0.261 e. The normalized spacial score (nSPS) is 17.2. The zero-order chi connectivity index (χ0) is 16.4. The van der Waals surface area contributed by atoms with Crippen molar-refractivity contribution in [2.24, 2.45) is 0 Å². The number of likely N-dealkylation sites (tertiary alicyclic amines) is 1. The van der Waals surface area contributed by atoms with Gasteiger partial charge in [0.25, 0.3) is 11.5 Å². The number of amides is 1. The van der Waals surface area contributed by atoms with Gasteiger partial charge in [0.1, 0.15) is 11.6 Å². The van der Waals surface area contributed by atoms with Crippen molar-refractivity contribution in [3.8, 4) is 6.07 Å². The molecular weight excluding hydrogens is 330 g/mol. The van der Waals surface area contributed by atoms with Gasteiger partial charge in [-0.05, 0) is 36.6 Å². The minimum atomic E-state index is -0.435. The van der Waals surface area contributed by atoms with Gasteiger partial charge in [-0.25, -0.2) is 0 Å². The largest absolute Gasteiger partial charge is 0.331 e. The van der Waals surface area contributed by atoms with Crippen LogP contribution < -0.4 is 5.56 Å².